The van der Waals surface area contributed by atoms with Crippen LogP contribution in [0.2, 0.25) is 0 Å². The van der Waals surface area contributed by atoms with Gasteiger partial charge in [-0.05, 0) is 36.5 Å². The molecule has 0 bridgehead atoms. The summed E-state index contributed by atoms with van der Waals surface area (Å²) in [5.41, 5.74) is 2.08. The molecule has 1 aromatic heterocycles. The molecule has 0 saturated carbocycles. The molecule has 32 heavy (non-hydrogen) atoms. The standard InChI is InChI=1S/C28H44N2O2/c1-4-5-6-7-8-10-14-21-32-28-29-22-26(23-30-28)25-16-18-27(19-17-25)31-20-13-11-9-12-15-24(2)3/h16-19,22-24H,4-15,20-21H2,1-3H3. The normalized spacial score (nSPS) is 11.1. The highest BCUT2D eigenvalue weighted by Gasteiger charge is 2.03. The lowest BCUT2D eigenvalue weighted by Gasteiger charge is -2.08. The van der Waals surface area contributed by atoms with Crippen molar-refractivity contribution in [1.82, 2.24) is 9.97 Å². The maximum Gasteiger partial charge on any atom is 0.316 e. The summed E-state index contributed by atoms with van der Waals surface area (Å²) in [7, 11) is 0. The predicted molar refractivity (Wildman–Crippen MR) is 134 cm³/mol. The van der Waals surface area contributed by atoms with Gasteiger partial charge in [-0.15, -0.1) is 0 Å². The van der Waals surface area contributed by atoms with Gasteiger partial charge in [0.05, 0.1) is 13.2 Å². The first-order valence-corrected chi connectivity index (χ1v) is 12.9. The van der Waals surface area contributed by atoms with E-state index in [4.69, 9.17) is 9.47 Å². The SMILES string of the molecule is CCCCCCCCCOc1ncc(-c2ccc(OCCCCCCC(C)C)cc2)cn1. The van der Waals surface area contributed by atoms with Crippen LogP contribution in [0.3, 0.4) is 0 Å². The van der Waals surface area contributed by atoms with Crippen LogP contribution in [-0.4, -0.2) is 23.2 Å². The van der Waals surface area contributed by atoms with E-state index in [-0.39, 0.29) is 0 Å². The fourth-order valence-corrected chi connectivity index (χ4v) is 3.70. The molecule has 0 saturated heterocycles. The van der Waals surface area contributed by atoms with Crippen molar-refractivity contribution in [3.05, 3.63) is 36.7 Å². The average Bonchev–Trinajstić information content (AvgIpc) is 2.81. The number of benzene rings is 1. The number of unbranched alkanes of at least 4 members (excludes halogenated alkanes) is 9. The first kappa shape index (κ1) is 26.2. The van der Waals surface area contributed by atoms with Crippen LogP contribution in [0.4, 0.5) is 0 Å². The van der Waals surface area contributed by atoms with E-state index in [1.165, 1.54) is 64.2 Å². The summed E-state index contributed by atoms with van der Waals surface area (Å²) in [4.78, 5) is 8.73. The molecule has 0 atom stereocenters. The Morgan fingerprint density at radius 3 is 1.84 bits per heavy atom. The fourth-order valence-electron chi connectivity index (χ4n) is 3.70. The Kier molecular flexibility index (Phi) is 13.5. The zero-order valence-electron chi connectivity index (χ0n) is 20.7. The Morgan fingerprint density at radius 1 is 0.656 bits per heavy atom. The summed E-state index contributed by atoms with van der Waals surface area (Å²) in [6.07, 6.45) is 18.9. The molecule has 0 aliphatic carbocycles. The molecule has 2 aromatic rings. The second-order valence-corrected chi connectivity index (χ2v) is 9.19. The van der Waals surface area contributed by atoms with Gasteiger partial charge in [0.25, 0.3) is 0 Å². The lowest BCUT2D eigenvalue weighted by molar-refractivity contribution is 0.281. The van der Waals surface area contributed by atoms with E-state index in [1.807, 2.05) is 24.5 Å². The zero-order valence-corrected chi connectivity index (χ0v) is 20.7. The van der Waals surface area contributed by atoms with E-state index < -0.39 is 0 Å². The quantitative estimate of drug-likeness (QED) is 0.219. The van der Waals surface area contributed by atoms with Crippen LogP contribution < -0.4 is 9.47 Å². The first-order chi connectivity index (χ1) is 15.7. The summed E-state index contributed by atoms with van der Waals surface area (Å²) in [6.45, 7) is 8.31. The second kappa shape index (κ2) is 16.5. The van der Waals surface area contributed by atoms with Crippen molar-refractivity contribution >= 4 is 0 Å². The van der Waals surface area contributed by atoms with Crippen molar-refractivity contribution < 1.29 is 9.47 Å². The molecule has 4 nitrogen and oxygen atoms in total. The van der Waals surface area contributed by atoms with Gasteiger partial charge in [0.2, 0.25) is 0 Å². The minimum absolute atomic E-state index is 0.466. The van der Waals surface area contributed by atoms with Crippen LogP contribution in [0, 0.1) is 5.92 Å². The maximum atomic E-state index is 5.88. The molecule has 0 unspecified atom stereocenters. The molecular formula is C28H44N2O2. The number of aromatic nitrogens is 2. The van der Waals surface area contributed by atoms with E-state index in [0.29, 0.717) is 12.6 Å². The molecule has 0 N–H and O–H groups in total. The molecule has 2 rings (SSSR count). The van der Waals surface area contributed by atoms with Gasteiger partial charge in [-0.1, -0.05) is 97.1 Å². The zero-order chi connectivity index (χ0) is 22.9. The summed E-state index contributed by atoms with van der Waals surface area (Å²) in [5, 5.41) is 0. The van der Waals surface area contributed by atoms with Crippen molar-refractivity contribution in [1.29, 1.82) is 0 Å². The Hall–Kier alpha value is -2.10. The van der Waals surface area contributed by atoms with E-state index in [9.17, 15) is 0 Å². The van der Waals surface area contributed by atoms with Gasteiger partial charge >= 0.3 is 6.01 Å². The number of nitrogens with zero attached hydrogens (tertiary/aromatic N) is 2. The molecule has 4 heteroatoms. The van der Waals surface area contributed by atoms with Gasteiger partial charge in [0.1, 0.15) is 5.75 Å². The predicted octanol–water partition coefficient (Wildman–Crippen LogP) is 8.26. The molecule has 0 amide bonds. The molecule has 1 heterocycles. The van der Waals surface area contributed by atoms with E-state index in [0.717, 1.165) is 42.2 Å². The van der Waals surface area contributed by atoms with Crippen molar-refractivity contribution in [2.24, 2.45) is 5.92 Å². The summed E-state index contributed by atoms with van der Waals surface area (Å²) in [6, 6.07) is 8.65. The summed E-state index contributed by atoms with van der Waals surface area (Å²) < 4.78 is 11.6. The Morgan fingerprint density at radius 2 is 1.22 bits per heavy atom. The highest BCUT2D eigenvalue weighted by molar-refractivity contribution is 5.62. The third-order valence-corrected chi connectivity index (χ3v) is 5.74. The Bertz CT molecular complexity index is 698. The minimum atomic E-state index is 0.466. The minimum Gasteiger partial charge on any atom is -0.494 e. The van der Waals surface area contributed by atoms with Crippen LogP contribution in [0.5, 0.6) is 11.8 Å². The van der Waals surface area contributed by atoms with E-state index >= 15 is 0 Å². The lowest BCUT2D eigenvalue weighted by Crippen LogP contribution is -2.01. The van der Waals surface area contributed by atoms with Crippen molar-refractivity contribution in [3.8, 4) is 22.9 Å². The van der Waals surface area contributed by atoms with Crippen molar-refractivity contribution in [3.63, 3.8) is 0 Å². The molecule has 0 fully saturated rings. The number of ether oxygens (including phenoxy) is 2. The molecule has 0 radical (unpaired) electrons. The molecular weight excluding hydrogens is 396 g/mol. The van der Waals surface area contributed by atoms with Gasteiger partial charge in [-0.3, -0.25) is 0 Å². The fraction of sp³-hybridized carbons (Fsp3) is 0.643. The highest BCUT2D eigenvalue weighted by Crippen LogP contribution is 2.22. The maximum absolute atomic E-state index is 5.88. The highest BCUT2D eigenvalue weighted by atomic mass is 16.5. The Balaban J connectivity index is 1.62. The third kappa shape index (κ3) is 11.5. The van der Waals surface area contributed by atoms with Gasteiger partial charge in [0.15, 0.2) is 0 Å². The van der Waals surface area contributed by atoms with Crippen molar-refractivity contribution in [2.75, 3.05) is 13.2 Å². The largest absolute Gasteiger partial charge is 0.494 e. The van der Waals surface area contributed by atoms with Crippen LogP contribution in [0.1, 0.15) is 97.8 Å². The smallest absolute Gasteiger partial charge is 0.316 e. The van der Waals surface area contributed by atoms with Gasteiger partial charge < -0.3 is 9.47 Å². The molecule has 1 aromatic carbocycles. The van der Waals surface area contributed by atoms with Crippen LogP contribution >= 0.6 is 0 Å². The van der Waals surface area contributed by atoms with E-state index in [1.54, 1.807) is 0 Å². The van der Waals surface area contributed by atoms with Gasteiger partial charge in [-0.2, -0.15) is 0 Å². The van der Waals surface area contributed by atoms with Gasteiger partial charge in [-0.25, -0.2) is 9.97 Å². The average molecular weight is 441 g/mol. The van der Waals surface area contributed by atoms with Crippen molar-refractivity contribution in [2.45, 2.75) is 97.8 Å². The van der Waals surface area contributed by atoms with Gasteiger partial charge in [0, 0.05) is 18.0 Å². The molecule has 178 valence electrons. The third-order valence-electron chi connectivity index (χ3n) is 5.74. The number of rotatable bonds is 18. The molecule has 0 spiro atoms. The summed E-state index contributed by atoms with van der Waals surface area (Å²) in [5.74, 6) is 1.74. The van der Waals surface area contributed by atoms with Crippen LogP contribution in [0.15, 0.2) is 36.7 Å². The van der Waals surface area contributed by atoms with Crippen LogP contribution in [-0.2, 0) is 0 Å². The molecule has 0 aliphatic heterocycles. The molecule has 0 aliphatic rings. The summed E-state index contributed by atoms with van der Waals surface area (Å²) >= 11 is 0. The van der Waals surface area contributed by atoms with E-state index in [2.05, 4.69) is 42.9 Å². The topological polar surface area (TPSA) is 44.2 Å². The Labute approximate surface area is 196 Å². The van der Waals surface area contributed by atoms with Crippen LogP contribution in [0.25, 0.3) is 11.1 Å². The lowest BCUT2D eigenvalue weighted by atomic mass is 10.0. The second-order valence-electron chi connectivity index (χ2n) is 9.19. The monoisotopic (exact) mass is 440 g/mol. The number of hydrogen-bond donors (Lipinski definition) is 0. The number of hydrogen-bond acceptors (Lipinski definition) is 4. The first-order valence-electron chi connectivity index (χ1n) is 12.9.